The van der Waals surface area contributed by atoms with Crippen LogP contribution in [0.5, 0.6) is 0 Å². The lowest BCUT2D eigenvalue weighted by Crippen LogP contribution is -2.49. The molecule has 1 aromatic heterocycles. The summed E-state index contributed by atoms with van der Waals surface area (Å²) in [5, 5.41) is 13.3. The Kier molecular flexibility index (Phi) is 4.43. The number of benzene rings is 1. The van der Waals surface area contributed by atoms with Crippen molar-refractivity contribution in [1.29, 1.82) is 0 Å². The van der Waals surface area contributed by atoms with E-state index in [1.807, 2.05) is 6.07 Å². The van der Waals surface area contributed by atoms with Crippen LogP contribution in [0.4, 0.5) is 0 Å². The minimum atomic E-state index is -0.163. The molecule has 1 atom stereocenters. The van der Waals surface area contributed by atoms with Crippen molar-refractivity contribution >= 4 is 5.91 Å². The fourth-order valence-electron chi connectivity index (χ4n) is 3.21. The van der Waals surface area contributed by atoms with Crippen molar-refractivity contribution in [2.24, 2.45) is 0 Å². The highest BCUT2D eigenvalue weighted by molar-refractivity contribution is 5.93. The number of nitrogens with zero attached hydrogens (tertiary/aromatic N) is 3. The van der Waals surface area contributed by atoms with E-state index < -0.39 is 0 Å². The van der Waals surface area contributed by atoms with Crippen LogP contribution in [0, 0.1) is 6.92 Å². The van der Waals surface area contributed by atoms with E-state index in [1.54, 1.807) is 6.92 Å². The van der Waals surface area contributed by atoms with Gasteiger partial charge in [0.15, 0.2) is 5.69 Å². The average Bonchev–Trinajstić information content (AvgIpc) is 3.13. The third kappa shape index (κ3) is 3.42. The number of aromatic amines is 1. The van der Waals surface area contributed by atoms with Crippen LogP contribution >= 0.6 is 0 Å². The molecule has 1 fully saturated rings. The number of hydrogen-bond donors (Lipinski definition) is 2. The summed E-state index contributed by atoms with van der Waals surface area (Å²) in [6.45, 7) is 6.59. The second kappa shape index (κ2) is 6.50. The largest absolute Gasteiger partial charge is 0.349 e. The molecule has 3 rings (SSSR count). The van der Waals surface area contributed by atoms with Crippen LogP contribution < -0.4 is 5.32 Å². The SMILES string of the molecule is Cc1n[nH]nc1C(=O)NCC1(C)CCCN1Cc1ccccc1. The fourth-order valence-corrected chi connectivity index (χ4v) is 3.21. The number of nitrogens with one attached hydrogen (secondary N) is 2. The molecular formula is C17H23N5O. The fraction of sp³-hybridized carbons (Fsp3) is 0.471. The number of aromatic nitrogens is 3. The summed E-state index contributed by atoms with van der Waals surface area (Å²) in [6, 6.07) is 10.5. The molecular weight excluding hydrogens is 290 g/mol. The second-order valence-corrected chi connectivity index (χ2v) is 6.45. The number of likely N-dealkylation sites (tertiary alicyclic amines) is 1. The molecule has 6 nitrogen and oxygen atoms in total. The second-order valence-electron chi connectivity index (χ2n) is 6.45. The number of carbonyl (C=O) groups is 1. The minimum Gasteiger partial charge on any atom is -0.349 e. The van der Waals surface area contributed by atoms with Gasteiger partial charge in [-0.15, -0.1) is 0 Å². The van der Waals surface area contributed by atoms with Gasteiger partial charge in [0.2, 0.25) is 0 Å². The van der Waals surface area contributed by atoms with Crippen LogP contribution in [0.3, 0.4) is 0 Å². The summed E-state index contributed by atoms with van der Waals surface area (Å²) in [7, 11) is 0. The molecule has 0 saturated carbocycles. The molecule has 2 heterocycles. The van der Waals surface area contributed by atoms with Gasteiger partial charge < -0.3 is 5.32 Å². The lowest BCUT2D eigenvalue weighted by molar-refractivity contribution is 0.0892. The third-order valence-corrected chi connectivity index (χ3v) is 4.69. The Morgan fingerprint density at radius 3 is 2.83 bits per heavy atom. The van der Waals surface area contributed by atoms with Gasteiger partial charge in [0, 0.05) is 18.6 Å². The van der Waals surface area contributed by atoms with Crippen LogP contribution in [0.2, 0.25) is 0 Å². The van der Waals surface area contributed by atoms with Crippen LogP contribution in [0.15, 0.2) is 30.3 Å². The Morgan fingerprint density at radius 2 is 2.13 bits per heavy atom. The highest BCUT2D eigenvalue weighted by atomic mass is 16.2. The van der Waals surface area contributed by atoms with Crippen molar-refractivity contribution in [1.82, 2.24) is 25.6 Å². The smallest absolute Gasteiger partial charge is 0.273 e. The summed E-state index contributed by atoms with van der Waals surface area (Å²) in [5.74, 6) is -0.163. The van der Waals surface area contributed by atoms with Crippen LogP contribution in [-0.2, 0) is 6.54 Å². The number of aryl methyl sites for hydroxylation is 1. The van der Waals surface area contributed by atoms with Crippen LogP contribution in [-0.4, -0.2) is 44.8 Å². The van der Waals surface area contributed by atoms with E-state index in [0.29, 0.717) is 17.9 Å². The highest BCUT2D eigenvalue weighted by Gasteiger charge is 2.36. The number of rotatable bonds is 5. The molecule has 23 heavy (non-hydrogen) atoms. The Labute approximate surface area is 136 Å². The monoisotopic (exact) mass is 313 g/mol. The molecule has 6 heteroatoms. The molecule has 122 valence electrons. The molecule has 1 amide bonds. The molecule has 0 spiro atoms. The predicted octanol–water partition coefficient (Wildman–Crippen LogP) is 1.90. The first-order valence-electron chi connectivity index (χ1n) is 8.03. The lowest BCUT2D eigenvalue weighted by atomic mass is 9.98. The van der Waals surface area contributed by atoms with Crippen molar-refractivity contribution in [3.8, 4) is 0 Å². The quantitative estimate of drug-likeness (QED) is 0.884. The standard InChI is InChI=1S/C17H23N5O/c1-13-15(20-21-19-13)16(23)18-12-17(2)9-6-10-22(17)11-14-7-4-3-5-8-14/h3-5,7-8H,6,9-12H2,1-2H3,(H,18,23)(H,19,20,21). The maximum atomic E-state index is 12.2. The van der Waals surface area contributed by atoms with Gasteiger partial charge in [-0.3, -0.25) is 9.69 Å². The highest BCUT2D eigenvalue weighted by Crippen LogP contribution is 2.30. The zero-order valence-electron chi connectivity index (χ0n) is 13.7. The van der Waals surface area contributed by atoms with Crippen molar-refractivity contribution in [2.75, 3.05) is 13.1 Å². The maximum Gasteiger partial charge on any atom is 0.273 e. The summed E-state index contributed by atoms with van der Waals surface area (Å²) < 4.78 is 0. The molecule has 0 radical (unpaired) electrons. The lowest BCUT2D eigenvalue weighted by Gasteiger charge is -2.35. The minimum absolute atomic E-state index is 0.0247. The molecule has 2 aromatic rings. The van der Waals surface area contributed by atoms with Crippen molar-refractivity contribution in [2.45, 2.75) is 38.8 Å². The zero-order valence-corrected chi connectivity index (χ0v) is 13.7. The first kappa shape index (κ1) is 15.7. The van der Waals surface area contributed by atoms with E-state index in [4.69, 9.17) is 0 Å². The van der Waals surface area contributed by atoms with E-state index >= 15 is 0 Å². The first-order valence-corrected chi connectivity index (χ1v) is 8.03. The van der Waals surface area contributed by atoms with Crippen molar-refractivity contribution in [3.63, 3.8) is 0 Å². The average molecular weight is 313 g/mol. The van der Waals surface area contributed by atoms with E-state index in [1.165, 1.54) is 5.56 Å². The summed E-state index contributed by atoms with van der Waals surface area (Å²) in [4.78, 5) is 14.7. The van der Waals surface area contributed by atoms with Crippen molar-refractivity contribution in [3.05, 3.63) is 47.3 Å². The molecule has 1 aliphatic heterocycles. The normalized spacial score (nSPS) is 21.5. The molecule has 1 saturated heterocycles. The van der Waals surface area contributed by atoms with E-state index in [0.717, 1.165) is 25.9 Å². The molecule has 1 aliphatic rings. The van der Waals surface area contributed by atoms with Gasteiger partial charge in [-0.1, -0.05) is 30.3 Å². The Morgan fingerprint density at radius 1 is 1.35 bits per heavy atom. The summed E-state index contributed by atoms with van der Waals surface area (Å²) in [5.41, 5.74) is 2.28. The molecule has 2 N–H and O–H groups in total. The summed E-state index contributed by atoms with van der Waals surface area (Å²) >= 11 is 0. The maximum absolute atomic E-state index is 12.2. The van der Waals surface area contributed by atoms with Gasteiger partial charge in [0.1, 0.15) is 0 Å². The van der Waals surface area contributed by atoms with E-state index in [2.05, 4.69) is 56.8 Å². The van der Waals surface area contributed by atoms with Crippen LogP contribution in [0.25, 0.3) is 0 Å². The first-order chi connectivity index (χ1) is 11.1. The van der Waals surface area contributed by atoms with Gasteiger partial charge in [-0.25, -0.2) is 0 Å². The zero-order chi connectivity index (χ0) is 16.3. The topological polar surface area (TPSA) is 73.9 Å². The van der Waals surface area contributed by atoms with Crippen LogP contribution in [0.1, 0.15) is 41.5 Å². The summed E-state index contributed by atoms with van der Waals surface area (Å²) in [6.07, 6.45) is 2.24. The van der Waals surface area contributed by atoms with Crippen molar-refractivity contribution < 1.29 is 4.79 Å². The molecule has 0 bridgehead atoms. The van der Waals surface area contributed by atoms with Gasteiger partial charge >= 0.3 is 0 Å². The van der Waals surface area contributed by atoms with Gasteiger partial charge in [-0.2, -0.15) is 15.4 Å². The predicted molar refractivity (Wildman–Crippen MR) is 87.9 cm³/mol. The Hall–Kier alpha value is -2.21. The molecule has 0 aliphatic carbocycles. The van der Waals surface area contributed by atoms with E-state index in [-0.39, 0.29) is 11.4 Å². The van der Waals surface area contributed by atoms with E-state index in [9.17, 15) is 4.79 Å². The van der Waals surface area contributed by atoms with Gasteiger partial charge in [0.25, 0.3) is 5.91 Å². The number of H-pyrrole nitrogens is 1. The third-order valence-electron chi connectivity index (χ3n) is 4.69. The Balaban J connectivity index is 1.63. The van der Waals surface area contributed by atoms with Gasteiger partial charge in [-0.05, 0) is 38.8 Å². The molecule has 1 unspecified atom stereocenters. The number of hydrogen-bond acceptors (Lipinski definition) is 4. The number of carbonyl (C=O) groups excluding carboxylic acids is 1. The number of amides is 1. The Bertz CT molecular complexity index is 669. The van der Waals surface area contributed by atoms with Gasteiger partial charge in [0.05, 0.1) is 5.69 Å². The molecule has 1 aromatic carbocycles.